The number of rotatable bonds is 7. The SMILES string of the molecule is CCc1c(CO)cccc1Nc1c(C(N)=O)cnc2cc(OC)c(OC)cc12. The van der Waals surface area contributed by atoms with E-state index in [4.69, 9.17) is 15.2 Å². The highest BCUT2D eigenvalue weighted by Gasteiger charge is 2.18. The van der Waals surface area contributed by atoms with Gasteiger partial charge >= 0.3 is 0 Å². The molecule has 0 unspecified atom stereocenters. The maximum Gasteiger partial charge on any atom is 0.252 e. The maximum atomic E-state index is 12.1. The van der Waals surface area contributed by atoms with E-state index in [-0.39, 0.29) is 12.2 Å². The van der Waals surface area contributed by atoms with Crippen molar-refractivity contribution in [3.8, 4) is 11.5 Å². The second kappa shape index (κ2) is 8.14. The van der Waals surface area contributed by atoms with E-state index < -0.39 is 5.91 Å². The molecule has 0 aliphatic rings. The predicted molar refractivity (Wildman–Crippen MR) is 108 cm³/mol. The number of ether oxygens (including phenoxy) is 2. The van der Waals surface area contributed by atoms with Gasteiger partial charge in [0.15, 0.2) is 11.5 Å². The Morgan fingerprint density at radius 2 is 1.93 bits per heavy atom. The second-order valence-corrected chi connectivity index (χ2v) is 6.22. The third kappa shape index (κ3) is 3.44. The van der Waals surface area contributed by atoms with Crippen LogP contribution in [0.5, 0.6) is 11.5 Å². The predicted octanol–water partition coefficient (Wildman–Crippen LogP) is 3.15. The lowest BCUT2D eigenvalue weighted by Crippen LogP contribution is -2.14. The molecule has 0 atom stereocenters. The van der Waals surface area contributed by atoms with Crippen molar-refractivity contribution in [2.45, 2.75) is 20.0 Å². The fourth-order valence-corrected chi connectivity index (χ4v) is 3.29. The summed E-state index contributed by atoms with van der Waals surface area (Å²) in [5.74, 6) is 0.459. The number of fused-ring (bicyclic) bond motifs is 1. The van der Waals surface area contributed by atoms with Crippen LogP contribution in [0.2, 0.25) is 0 Å². The second-order valence-electron chi connectivity index (χ2n) is 6.22. The minimum Gasteiger partial charge on any atom is -0.493 e. The van der Waals surface area contributed by atoms with Crippen molar-refractivity contribution in [2.24, 2.45) is 5.73 Å². The van der Waals surface area contributed by atoms with Gasteiger partial charge in [-0.15, -0.1) is 0 Å². The molecule has 2 aromatic carbocycles. The van der Waals surface area contributed by atoms with E-state index in [1.165, 1.54) is 6.20 Å². The monoisotopic (exact) mass is 381 g/mol. The summed E-state index contributed by atoms with van der Waals surface area (Å²) >= 11 is 0. The summed E-state index contributed by atoms with van der Waals surface area (Å²) in [6.45, 7) is 1.94. The van der Waals surface area contributed by atoms with Crippen molar-refractivity contribution in [3.05, 3.63) is 53.2 Å². The number of aromatic nitrogens is 1. The zero-order valence-electron chi connectivity index (χ0n) is 16.1. The van der Waals surface area contributed by atoms with Gasteiger partial charge in [-0.1, -0.05) is 19.1 Å². The number of hydrogen-bond acceptors (Lipinski definition) is 6. The van der Waals surface area contributed by atoms with Gasteiger partial charge in [0.05, 0.1) is 37.6 Å². The third-order valence-electron chi connectivity index (χ3n) is 4.70. The van der Waals surface area contributed by atoms with Gasteiger partial charge in [0, 0.05) is 23.3 Å². The highest BCUT2D eigenvalue weighted by atomic mass is 16.5. The molecule has 0 radical (unpaired) electrons. The molecule has 1 aromatic heterocycles. The lowest BCUT2D eigenvalue weighted by Gasteiger charge is -2.18. The average Bonchev–Trinajstić information content (AvgIpc) is 2.72. The van der Waals surface area contributed by atoms with Crippen LogP contribution >= 0.6 is 0 Å². The van der Waals surface area contributed by atoms with Crippen LogP contribution in [-0.2, 0) is 13.0 Å². The molecule has 0 aliphatic carbocycles. The number of methoxy groups -OCH3 is 2. The fraction of sp³-hybridized carbons (Fsp3) is 0.238. The zero-order valence-corrected chi connectivity index (χ0v) is 16.1. The van der Waals surface area contributed by atoms with Crippen LogP contribution in [0.25, 0.3) is 10.9 Å². The number of aliphatic hydroxyl groups is 1. The first kappa shape index (κ1) is 19.4. The molecule has 0 spiro atoms. The summed E-state index contributed by atoms with van der Waals surface area (Å²) in [5, 5.41) is 13.6. The Labute approximate surface area is 163 Å². The molecule has 28 heavy (non-hydrogen) atoms. The number of nitrogens with one attached hydrogen (secondary N) is 1. The topological polar surface area (TPSA) is 107 Å². The number of benzene rings is 2. The van der Waals surface area contributed by atoms with Gasteiger partial charge in [-0.2, -0.15) is 0 Å². The Hall–Kier alpha value is -3.32. The van der Waals surface area contributed by atoms with E-state index in [1.807, 2.05) is 25.1 Å². The van der Waals surface area contributed by atoms with Crippen molar-refractivity contribution in [2.75, 3.05) is 19.5 Å². The number of nitrogens with two attached hydrogens (primary N) is 1. The highest BCUT2D eigenvalue weighted by Crippen LogP contribution is 2.37. The number of nitrogens with zero attached hydrogens (tertiary/aromatic N) is 1. The molecule has 0 fully saturated rings. The first-order chi connectivity index (χ1) is 13.5. The Kier molecular flexibility index (Phi) is 5.65. The molecule has 7 heteroatoms. The maximum absolute atomic E-state index is 12.1. The molecule has 1 heterocycles. The molecule has 0 saturated carbocycles. The Balaban J connectivity index is 2.26. The molecule has 0 bridgehead atoms. The number of primary amides is 1. The number of carbonyl (C=O) groups is 1. The minimum atomic E-state index is -0.594. The lowest BCUT2D eigenvalue weighted by atomic mass is 10.0. The standard InChI is InChI=1S/C21H23N3O4/c1-4-13-12(11-25)6-5-7-16(13)24-20-14-8-18(27-2)19(28-3)9-17(14)23-10-15(20)21(22)26/h5-10,25H,4,11H2,1-3H3,(H2,22,26)(H,23,24). The molecule has 1 amide bonds. The van der Waals surface area contributed by atoms with E-state index in [0.29, 0.717) is 34.5 Å². The molecule has 7 nitrogen and oxygen atoms in total. The van der Waals surface area contributed by atoms with E-state index >= 15 is 0 Å². The van der Waals surface area contributed by atoms with Crippen LogP contribution in [0, 0.1) is 0 Å². The number of pyridine rings is 1. The third-order valence-corrected chi connectivity index (χ3v) is 4.70. The number of hydrogen-bond donors (Lipinski definition) is 3. The van der Waals surface area contributed by atoms with E-state index in [1.54, 1.807) is 26.4 Å². The van der Waals surface area contributed by atoms with E-state index in [0.717, 1.165) is 16.8 Å². The molecular formula is C21H23N3O4. The largest absolute Gasteiger partial charge is 0.493 e. The van der Waals surface area contributed by atoms with Crippen molar-refractivity contribution in [1.82, 2.24) is 4.98 Å². The summed E-state index contributed by atoms with van der Waals surface area (Å²) in [6.07, 6.45) is 2.16. The van der Waals surface area contributed by atoms with Gasteiger partial charge in [-0.25, -0.2) is 0 Å². The van der Waals surface area contributed by atoms with Gasteiger partial charge in [-0.3, -0.25) is 9.78 Å². The summed E-state index contributed by atoms with van der Waals surface area (Å²) in [6, 6.07) is 9.13. The first-order valence-electron chi connectivity index (χ1n) is 8.87. The summed E-state index contributed by atoms with van der Waals surface area (Å²) in [7, 11) is 3.09. The summed E-state index contributed by atoms with van der Waals surface area (Å²) in [4.78, 5) is 16.4. The average molecular weight is 381 g/mol. The number of carbonyl (C=O) groups excluding carboxylic acids is 1. The molecule has 4 N–H and O–H groups in total. The summed E-state index contributed by atoms with van der Waals surface area (Å²) in [5.41, 5.74) is 9.59. The van der Waals surface area contributed by atoms with E-state index in [9.17, 15) is 9.90 Å². The molecule has 3 aromatic rings. The molecule has 0 saturated heterocycles. The quantitative estimate of drug-likeness (QED) is 0.580. The van der Waals surface area contributed by atoms with Gasteiger partial charge in [0.25, 0.3) is 5.91 Å². The van der Waals surface area contributed by atoms with Crippen LogP contribution in [0.1, 0.15) is 28.4 Å². The minimum absolute atomic E-state index is 0.0660. The van der Waals surface area contributed by atoms with Gasteiger partial charge in [0.2, 0.25) is 0 Å². The normalized spacial score (nSPS) is 10.7. The van der Waals surface area contributed by atoms with Gasteiger partial charge in [0.1, 0.15) is 0 Å². The Morgan fingerprint density at radius 1 is 1.21 bits per heavy atom. The van der Waals surface area contributed by atoms with Crippen molar-refractivity contribution >= 4 is 28.2 Å². The van der Waals surface area contributed by atoms with Crippen LogP contribution in [0.3, 0.4) is 0 Å². The van der Waals surface area contributed by atoms with Crippen LogP contribution in [-0.4, -0.2) is 30.2 Å². The first-order valence-corrected chi connectivity index (χ1v) is 8.87. The van der Waals surface area contributed by atoms with Gasteiger partial charge < -0.3 is 25.6 Å². The van der Waals surface area contributed by atoms with Crippen molar-refractivity contribution < 1.29 is 19.4 Å². The Morgan fingerprint density at radius 3 is 2.54 bits per heavy atom. The molecule has 3 rings (SSSR count). The van der Waals surface area contributed by atoms with Crippen molar-refractivity contribution in [1.29, 1.82) is 0 Å². The lowest BCUT2D eigenvalue weighted by molar-refractivity contribution is 0.100. The highest BCUT2D eigenvalue weighted by molar-refractivity contribution is 6.08. The number of anilines is 2. The fourth-order valence-electron chi connectivity index (χ4n) is 3.29. The molecular weight excluding hydrogens is 358 g/mol. The van der Waals surface area contributed by atoms with Crippen LogP contribution in [0.15, 0.2) is 36.5 Å². The van der Waals surface area contributed by atoms with E-state index in [2.05, 4.69) is 10.3 Å². The molecule has 146 valence electrons. The molecule has 0 aliphatic heterocycles. The van der Waals surface area contributed by atoms with Gasteiger partial charge in [-0.05, 0) is 29.7 Å². The van der Waals surface area contributed by atoms with Crippen LogP contribution in [0.4, 0.5) is 11.4 Å². The van der Waals surface area contributed by atoms with Crippen LogP contribution < -0.4 is 20.5 Å². The number of amides is 1. The van der Waals surface area contributed by atoms with Crippen molar-refractivity contribution in [3.63, 3.8) is 0 Å². The number of aliphatic hydroxyl groups excluding tert-OH is 1. The zero-order chi connectivity index (χ0) is 20.3. The Bertz CT molecular complexity index is 1030. The smallest absolute Gasteiger partial charge is 0.252 e. The summed E-state index contributed by atoms with van der Waals surface area (Å²) < 4.78 is 10.7.